The van der Waals surface area contributed by atoms with E-state index >= 15 is 0 Å². The van der Waals surface area contributed by atoms with Crippen LogP contribution in [0, 0.1) is 0 Å². The van der Waals surface area contributed by atoms with Crippen molar-refractivity contribution in [2.24, 2.45) is 0 Å². The van der Waals surface area contributed by atoms with E-state index in [0.29, 0.717) is 41.5 Å². The fourth-order valence-electron chi connectivity index (χ4n) is 3.45. The van der Waals surface area contributed by atoms with Gasteiger partial charge in [-0.25, -0.2) is 4.79 Å². The molecule has 1 N–H and O–H groups in total. The Morgan fingerprint density at radius 2 is 1.90 bits per heavy atom. The highest BCUT2D eigenvalue weighted by molar-refractivity contribution is 7.99. The van der Waals surface area contributed by atoms with Gasteiger partial charge in [-0.2, -0.15) is 11.8 Å². The highest BCUT2D eigenvalue weighted by Crippen LogP contribution is 2.32. The summed E-state index contributed by atoms with van der Waals surface area (Å²) in [7, 11) is 0. The first-order valence-corrected chi connectivity index (χ1v) is 11.6. The van der Waals surface area contributed by atoms with E-state index in [2.05, 4.69) is 10.3 Å². The van der Waals surface area contributed by atoms with Crippen molar-refractivity contribution in [2.45, 2.75) is 6.92 Å². The van der Waals surface area contributed by atoms with Crippen LogP contribution in [-0.2, 0) is 4.74 Å². The number of rotatable bonds is 5. The second-order valence-corrected chi connectivity index (χ2v) is 8.70. The molecule has 0 saturated carbocycles. The molecule has 0 unspecified atom stereocenters. The normalized spacial score (nSPS) is 13.8. The minimum absolute atomic E-state index is 0.0553. The van der Waals surface area contributed by atoms with Crippen molar-refractivity contribution in [3.05, 3.63) is 64.8 Å². The Hall–Kier alpha value is -2.77. The number of nitrogens with one attached hydrogen (secondary N) is 1. The van der Waals surface area contributed by atoms with E-state index in [4.69, 9.17) is 16.3 Å². The van der Waals surface area contributed by atoms with Gasteiger partial charge in [0.05, 0.1) is 28.9 Å². The van der Waals surface area contributed by atoms with Gasteiger partial charge in [0.15, 0.2) is 0 Å². The van der Waals surface area contributed by atoms with Crippen molar-refractivity contribution in [2.75, 3.05) is 36.5 Å². The number of hydrogen-bond acceptors (Lipinski definition) is 6. The molecule has 0 atom stereocenters. The van der Waals surface area contributed by atoms with Gasteiger partial charge in [-0.3, -0.25) is 9.78 Å². The average molecular weight is 456 g/mol. The number of ether oxygens (including phenoxy) is 1. The highest BCUT2D eigenvalue weighted by atomic mass is 35.5. The van der Waals surface area contributed by atoms with Crippen LogP contribution >= 0.6 is 23.4 Å². The number of fused-ring (bicyclic) bond motifs is 1. The zero-order valence-corrected chi connectivity index (χ0v) is 18.6. The summed E-state index contributed by atoms with van der Waals surface area (Å²) in [5.74, 6) is 1.43. The maximum absolute atomic E-state index is 13.3. The molecule has 31 heavy (non-hydrogen) atoms. The first-order chi connectivity index (χ1) is 15.1. The van der Waals surface area contributed by atoms with Crippen molar-refractivity contribution >= 4 is 57.5 Å². The van der Waals surface area contributed by atoms with Crippen molar-refractivity contribution in [1.82, 2.24) is 9.88 Å². The van der Waals surface area contributed by atoms with Crippen LogP contribution < -0.4 is 5.32 Å². The van der Waals surface area contributed by atoms with Gasteiger partial charge >= 0.3 is 5.97 Å². The third-order valence-corrected chi connectivity index (χ3v) is 6.20. The Morgan fingerprint density at radius 1 is 1.16 bits per heavy atom. The summed E-state index contributed by atoms with van der Waals surface area (Å²) >= 11 is 8.10. The molecule has 0 aliphatic carbocycles. The molecule has 160 valence electrons. The maximum atomic E-state index is 13.3. The van der Waals surface area contributed by atoms with Gasteiger partial charge in [0.25, 0.3) is 5.91 Å². The molecule has 0 bridgehead atoms. The Bertz CT molecular complexity index is 1110. The third-order valence-electron chi connectivity index (χ3n) is 5.02. The lowest BCUT2D eigenvalue weighted by Crippen LogP contribution is -2.38. The summed E-state index contributed by atoms with van der Waals surface area (Å²) in [5.41, 5.74) is 3.09. The van der Waals surface area contributed by atoms with Gasteiger partial charge < -0.3 is 15.0 Å². The highest BCUT2D eigenvalue weighted by Gasteiger charge is 2.23. The number of hydrogen-bond donors (Lipinski definition) is 1. The molecule has 0 radical (unpaired) electrons. The fourth-order valence-corrected chi connectivity index (χ4v) is 4.52. The van der Waals surface area contributed by atoms with Gasteiger partial charge in [0.1, 0.15) is 0 Å². The van der Waals surface area contributed by atoms with Gasteiger partial charge in [0, 0.05) is 46.9 Å². The summed E-state index contributed by atoms with van der Waals surface area (Å²) in [6.45, 7) is 3.52. The molecule has 6 nitrogen and oxygen atoms in total. The van der Waals surface area contributed by atoms with Crippen molar-refractivity contribution in [3.8, 4) is 0 Å². The van der Waals surface area contributed by atoms with Crippen LogP contribution in [0.15, 0.2) is 48.7 Å². The van der Waals surface area contributed by atoms with Crippen LogP contribution in [-0.4, -0.2) is 53.0 Å². The first-order valence-electron chi connectivity index (χ1n) is 10.1. The van der Waals surface area contributed by atoms with Crippen LogP contribution in [0.2, 0.25) is 5.02 Å². The lowest BCUT2D eigenvalue weighted by atomic mass is 10.1. The number of aromatic nitrogens is 1. The lowest BCUT2D eigenvalue weighted by molar-refractivity contribution is 0.0526. The number of thioether (sulfide) groups is 1. The number of carbonyl (C=O) groups excluding carboxylic acids is 2. The molecule has 1 saturated heterocycles. The number of nitrogens with zero attached hydrogens (tertiary/aromatic N) is 2. The number of pyridine rings is 1. The maximum Gasteiger partial charge on any atom is 0.338 e. The number of esters is 1. The van der Waals surface area contributed by atoms with E-state index in [0.717, 1.165) is 28.1 Å². The second-order valence-electron chi connectivity index (χ2n) is 7.04. The van der Waals surface area contributed by atoms with Gasteiger partial charge in [-0.05, 0) is 49.4 Å². The molecule has 8 heteroatoms. The largest absolute Gasteiger partial charge is 0.462 e. The Kier molecular flexibility index (Phi) is 6.63. The molecule has 1 aromatic heterocycles. The lowest BCUT2D eigenvalue weighted by Gasteiger charge is -2.27. The van der Waals surface area contributed by atoms with Crippen LogP contribution in [0.3, 0.4) is 0 Å². The predicted molar refractivity (Wildman–Crippen MR) is 126 cm³/mol. The van der Waals surface area contributed by atoms with Crippen LogP contribution in [0.25, 0.3) is 10.9 Å². The molecule has 0 spiro atoms. The van der Waals surface area contributed by atoms with Crippen LogP contribution in [0.4, 0.5) is 11.4 Å². The Balaban J connectivity index is 1.72. The topological polar surface area (TPSA) is 71.5 Å². The molecule has 1 amide bonds. The van der Waals surface area contributed by atoms with Gasteiger partial charge in [-0.1, -0.05) is 11.6 Å². The molecule has 2 heterocycles. The minimum Gasteiger partial charge on any atom is -0.462 e. The zero-order valence-electron chi connectivity index (χ0n) is 17.1. The number of anilines is 2. The minimum atomic E-state index is -0.367. The summed E-state index contributed by atoms with van der Waals surface area (Å²) in [6, 6.07) is 12.4. The van der Waals surface area contributed by atoms with E-state index in [1.807, 2.05) is 28.8 Å². The molecule has 4 rings (SSSR count). The van der Waals surface area contributed by atoms with E-state index in [9.17, 15) is 9.59 Å². The second kappa shape index (κ2) is 9.58. The van der Waals surface area contributed by atoms with Crippen molar-refractivity contribution in [1.29, 1.82) is 0 Å². The monoisotopic (exact) mass is 455 g/mol. The molecule has 2 aromatic carbocycles. The molecule has 1 aliphatic rings. The summed E-state index contributed by atoms with van der Waals surface area (Å²) in [4.78, 5) is 31.6. The van der Waals surface area contributed by atoms with E-state index in [1.54, 1.807) is 43.5 Å². The zero-order chi connectivity index (χ0) is 21.8. The summed E-state index contributed by atoms with van der Waals surface area (Å²) in [5, 5.41) is 4.68. The number of carbonyl (C=O) groups is 2. The predicted octanol–water partition coefficient (Wildman–Crippen LogP) is 5.00. The molecular weight excluding hydrogens is 434 g/mol. The van der Waals surface area contributed by atoms with Crippen LogP contribution in [0.5, 0.6) is 0 Å². The summed E-state index contributed by atoms with van der Waals surface area (Å²) in [6.07, 6.45) is 1.62. The smallest absolute Gasteiger partial charge is 0.338 e. The number of halogens is 1. The van der Waals surface area contributed by atoms with Crippen molar-refractivity contribution < 1.29 is 14.3 Å². The molecule has 1 fully saturated rings. The SMILES string of the molecule is CCOC(=O)c1ccc(Nc2c(C(=O)N3CCSCC3)cnc3ccc(Cl)cc23)cc1. The number of amides is 1. The number of benzene rings is 2. The average Bonchev–Trinajstić information content (AvgIpc) is 2.80. The van der Waals surface area contributed by atoms with Gasteiger partial charge in [-0.15, -0.1) is 0 Å². The molecule has 1 aliphatic heterocycles. The summed E-state index contributed by atoms with van der Waals surface area (Å²) < 4.78 is 5.04. The fraction of sp³-hybridized carbons (Fsp3) is 0.261. The molecular formula is C23H22ClN3O3S. The van der Waals surface area contributed by atoms with Crippen LogP contribution in [0.1, 0.15) is 27.6 Å². The van der Waals surface area contributed by atoms with E-state index < -0.39 is 0 Å². The van der Waals surface area contributed by atoms with E-state index in [-0.39, 0.29) is 11.9 Å². The molecule has 3 aromatic rings. The van der Waals surface area contributed by atoms with Gasteiger partial charge in [0.2, 0.25) is 0 Å². The van der Waals surface area contributed by atoms with Crippen molar-refractivity contribution in [3.63, 3.8) is 0 Å². The van der Waals surface area contributed by atoms with E-state index in [1.165, 1.54) is 0 Å². The third kappa shape index (κ3) is 4.78. The first kappa shape index (κ1) is 21.5. The standard InChI is InChI=1S/C23H22ClN3O3S/c1-2-30-23(29)15-3-6-17(7-4-15)26-21-18-13-16(24)5-8-20(18)25-14-19(21)22(28)27-9-11-31-12-10-27/h3-8,13-14H,2,9-12H2,1H3,(H,25,26). The quantitative estimate of drug-likeness (QED) is 0.546. The Labute approximate surface area is 189 Å². The Morgan fingerprint density at radius 3 is 2.61 bits per heavy atom.